The van der Waals surface area contributed by atoms with Gasteiger partial charge in [-0.05, 0) is 62.2 Å². The second-order valence-corrected chi connectivity index (χ2v) is 8.92. The molecule has 2 aromatic heterocycles. The van der Waals surface area contributed by atoms with Crippen LogP contribution < -0.4 is 15.8 Å². The van der Waals surface area contributed by atoms with Crippen molar-refractivity contribution in [3.8, 4) is 28.5 Å². The van der Waals surface area contributed by atoms with Crippen LogP contribution >= 0.6 is 0 Å². The van der Waals surface area contributed by atoms with Crippen LogP contribution in [0.2, 0.25) is 0 Å². The Hall–Kier alpha value is -4.58. The van der Waals surface area contributed by atoms with E-state index in [0.717, 1.165) is 11.1 Å². The average Bonchev–Trinajstić information content (AvgIpc) is 3.60. The second-order valence-electron chi connectivity index (χ2n) is 8.92. The highest BCUT2D eigenvalue weighted by Gasteiger charge is 2.21. The number of aromatic nitrogens is 4. The Morgan fingerprint density at radius 3 is 2.33 bits per heavy atom. The number of hydrogen-bond donors (Lipinski definition) is 2. The summed E-state index contributed by atoms with van der Waals surface area (Å²) in [6.07, 6.45) is 0.148. The monoisotopic (exact) mass is 534 g/mol. The van der Waals surface area contributed by atoms with E-state index < -0.39 is 12.1 Å². The molecule has 0 saturated carbocycles. The van der Waals surface area contributed by atoms with Crippen LogP contribution in [-0.2, 0) is 9.53 Å². The van der Waals surface area contributed by atoms with E-state index in [4.69, 9.17) is 24.3 Å². The van der Waals surface area contributed by atoms with E-state index in [1.165, 1.54) is 0 Å². The fourth-order valence-electron chi connectivity index (χ4n) is 3.73. The number of nitrogens with one attached hydrogen (secondary N) is 1. The van der Waals surface area contributed by atoms with Crippen LogP contribution in [0, 0.1) is 13.8 Å². The van der Waals surface area contributed by atoms with Gasteiger partial charge in [0.25, 0.3) is 11.8 Å². The van der Waals surface area contributed by atoms with Crippen molar-refractivity contribution in [1.29, 1.82) is 0 Å². The lowest BCUT2D eigenvalue weighted by Gasteiger charge is -2.15. The molecule has 0 radical (unpaired) electrons. The molecule has 0 bridgehead atoms. The Balaban J connectivity index is 1.40. The molecule has 39 heavy (non-hydrogen) atoms. The topological polar surface area (TPSA) is 168 Å². The van der Waals surface area contributed by atoms with Crippen LogP contribution in [0.15, 0.2) is 51.5 Å². The maximum atomic E-state index is 12.7. The van der Waals surface area contributed by atoms with Crippen LogP contribution in [0.4, 0.5) is 0 Å². The third kappa shape index (κ3) is 6.85. The van der Waals surface area contributed by atoms with Crippen LogP contribution in [0.1, 0.15) is 54.1 Å². The summed E-state index contributed by atoms with van der Waals surface area (Å²) in [4.78, 5) is 32.7. The summed E-state index contributed by atoms with van der Waals surface area (Å²) >= 11 is 0. The summed E-state index contributed by atoms with van der Waals surface area (Å²) in [5.41, 5.74) is 7.93. The highest BCUT2D eigenvalue weighted by molar-refractivity contribution is 5.96. The van der Waals surface area contributed by atoms with Gasteiger partial charge in [0.05, 0.1) is 12.6 Å². The highest BCUT2D eigenvalue weighted by atomic mass is 16.5. The van der Waals surface area contributed by atoms with E-state index in [2.05, 4.69) is 25.6 Å². The van der Waals surface area contributed by atoms with Crippen molar-refractivity contribution in [3.05, 3.63) is 65.4 Å². The lowest BCUT2D eigenvalue weighted by atomic mass is 10.0. The van der Waals surface area contributed by atoms with E-state index in [0.29, 0.717) is 46.7 Å². The number of aryl methyl sites for hydroxylation is 2. The summed E-state index contributed by atoms with van der Waals surface area (Å²) in [6, 6.07) is 12.2. The second kappa shape index (κ2) is 12.3. The molecular formula is C27H30N6O6. The van der Waals surface area contributed by atoms with Gasteiger partial charge in [-0.3, -0.25) is 9.59 Å². The maximum Gasteiger partial charge on any atom is 0.319 e. The first-order valence-corrected chi connectivity index (χ1v) is 12.5. The molecule has 2 heterocycles. The number of esters is 1. The van der Waals surface area contributed by atoms with Gasteiger partial charge < -0.3 is 29.6 Å². The number of hydrogen-bond acceptors (Lipinski definition) is 11. The highest BCUT2D eigenvalue weighted by Crippen LogP contribution is 2.28. The normalized spacial score (nSPS) is 12.5. The van der Waals surface area contributed by atoms with Crippen LogP contribution in [0.5, 0.6) is 5.75 Å². The zero-order chi connectivity index (χ0) is 27.9. The van der Waals surface area contributed by atoms with Gasteiger partial charge in [-0.25, -0.2) is 0 Å². The molecule has 0 aliphatic heterocycles. The Morgan fingerprint density at radius 1 is 1.00 bits per heavy atom. The molecule has 0 saturated heterocycles. The number of nitrogens with zero attached hydrogens (tertiary/aromatic N) is 4. The third-order valence-corrected chi connectivity index (χ3v) is 5.77. The van der Waals surface area contributed by atoms with E-state index in [9.17, 15) is 9.59 Å². The first-order chi connectivity index (χ1) is 18.8. The molecule has 1 unspecified atom stereocenters. The molecule has 0 aliphatic rings. The fourth-order valence-corrected chi connectivity index (χ4v) is 3.73. The van der Waals surface area contributed by atoms with Crippen molar-refractivity contribution in [2.45, 2.75) is 46.3 Å². The number of ether oxygens (including phenoxy) is 2. The molecule has 4 aromatic rings. The largest absolute Gasteiger partial charge is 0.481 e. The molecule has 0 spiro atoms. The third-order valence-electron chi connectivity index (χ3n) is 5.77. The first kappa shape index (κ1) is 27.5. The van der Waals surface area contributed by atoms with Gasteiger partial charge in [0.1, 0.15) is 12.4 Å². The molecule has 4 rings (SSSR count). The molecule has 204 valence electrons. The molecule has 3 N–H and O–H groups in total. The van der Waals surface area contributed by atoms with Crippen LogP contribution in [0.3, 0.4) is 0 Å². The zero-order valence-electron chi connectivity index (χ0n) is 22.1. The predicted octanol–water partition coefficient (Wildman–Crippen LogP) is 3.55. The predicted molar refractivity (Wildman–Crippen MR) is 140 cm³/mol. The number of carbonyl (C=O) groups excluding carboxylic acids is 2. The van der Waals surface area contributed by atoms with E-state index in [-0.39, 0.29) is 25.1 Å². The summed E-state index contributed by atoms with van der Waals surface area (Å²) in [6.45, 7) is 7.07. The molecule has 0 fully saturated rings. The smallest absolute Gasteiger partial charge is 0.319 e. The number of amides is 1. The number of carbonyl (C=O) groups is 2. The SMILES string of the molecule is CCC(Oc1ccc(-c2noc(C)n2)cc1)c1nc(-c2ccc(C(=O)N[C@H](C)COC(=O)CN)c(C)c2)no1. The summed E-state index contributed by atoms with van der Waals surface area (Å²) in [5.74, 6) is 1.54. The Bertz CT molecular complexity index is 1430. The quantitative estimate of drug-likeness (QED) is 0.270. The van der Waals surface area contributed by atoms with Crippen LogP contribution in [0.25, 0.3) is 22.8 Å². The number of nitrogens with two attached hydrogens (primary N) is 1. The zero-order valence-corrected chi connectivity index (χ0v) is 22.1. The molecule has 1 amide bonds. The number of benzene rings is 2. The standard InChI is InChI=1S/C27H30N6O6/c1-5-22(37-20-9-6-18(7-10-20)24-30-17(4)38-32-24)27-31-25(33-39-27)19-8-11-21(15(2)12-19)26(35)29-16(3)14-36-23(34)13-28/h6-12,16,22H,5,13-14,28H2,1-4H3,(H,29,35)/t16-,22?/m1/s1. The van der Waals surface area contributed by atoms with Crippen molar-refractivity contribution < 1.29 is 28.1 Å². The van der Waals surface area contributed by atoms with Gasteiger partial charge in [0.2, 0.25) is 17.5 Å². The summed E-state index contributed by atoms with van der Waals surface area (Å²) < 4.78 is 21.6. The van der Waals surface area contributed by atoms with E-state index in [1.807, 2.05) is 44.2 Å². The van der Waals surface area contributed by atoms with Crippen molar-refractivity contribution in [3.63, 3.8) is 0 Å². The van der Waals surface area contributed by atoms with Crippen molar-refractivity contribution in [2.24, 2.45) is 5.73 Å². The van der Waals surface area contributed by atoms with Crippen LogP contribution in [-0.4, -0.2) is 51.4 Å². The summed E-state index contributed by atoms with van der Waals surface area (Å²) in [5, 5.41) is 10.8. The minimum Gasteiger partial charge on any atom is -0.481 e. The number of rotatable bonds is 11. The van der Waals surface area contributed by atoms with Gasteiger partial charge in [0.15, 0.2) is 6.10 Å². The first-order valence-electron chi connectivity index (χ1n) is 12.5. The molecule has 2 aromatic carbocycles. The van der Waals surface area contributed by atoms with E-state index >= 15 is 0 Å². The molecule has 12 heteroatoms. The minimum absolute atomic E-state index is 0.0356. The van der Waals surface area contributed by atoms with Gasteiger partial charge >= 0.3 is 5.97 Å². The van der Waals surface area contributed by atoms with E-state index in [1.54, 1.807) is 26.0 Å². The maximum absolute atomic E-state index is 12.7. The lowest BCUT2D eigenvalue weighted by Crippen LogP contribution is -2.37. The summed E-state index contributed by atoms with van der Waals surface area (Å²) in [7, 11) is 0. The Morgan fingerprint density at radius 2 is 1.69 bits per heavy atom. The lowest BCUT2D eigenvalue weighted by molar-refractivity contribution is -0.142. The molecular weight excluding hydrogens is 504 g/mol. The van der Waals surface area contributed by atoms with Crippen molar-refractivity contribution >= 4 is 11.9 Å². The fraction of sp³-hybridized carbons (Fsp3) is 0.333. The van der Waals surface area contributed by atoms with Crippen molar-refractivity contribution in [1.82, 2.24) is 25.6 Å². The Labute approximate surface area is 224 Å². The molecule has 12 nitrogen and oxygen atoms in total. The molecule has 0 aliphatic carbocycles. The van der Waals surface area contributed by atoms with Gasteiger partial charge in [0, 0.05) is 23.6 Å². The van der Waals surface area contributed by atoms with Gasteiger partial charge in [-0.1, -0.05) is 23.3 Å². The average molecular weight is 535 g/mol. The molecule has 2 atom stereocenters. The van der Waals surface area contributed by atoms with Gasteiger partial charge in [-0.2, -0.15) is 9.97 Å². The van der Waals surface area contributed by atoms with Gasteiger partial charge in [-0.15, -0.1) is 0 Å². The Kier molecular flexibility index (Phi) is 8.67. The minimum atomic E-state index is -0.528. The van der Waals surface area contributed by atoms with Crippen molar-refractivity contribution in [2.75, 3.05) is 13.2 Å².